The van der Waals surface area contributed by atoms with Gasteiger partial charge in [0.1, 0.15) is 12.1 Å². The summed E-state index contributed by atoms with van der Waals surface area (Å²) in [6.45, 7) is 0.688. The average Bonchev–Trinajstić information content (AvgIpc) is 2.53. The Kier molecular flexibility index (Phi) is 4.81. The maximum absolute atomic E-state index is 5.42. The zero-order valence-corrected chi connectivity index (χ0v) is 12.8. The van der Waals surface area contributed by atoms with E-state index in [0.717, 1.165) is 17.1 Å². The van der Waals surface area contributed by atoms with Crippen molar-refractivity contribution < 1.29 is 9.47 Å². The van der Waals surface area contributed by atoms with Gasteiger partial charge in [-0.25, -0.2) is 9.97 Å². The molecule has 0 aliphatic carbocycles. The lowest BCUT2D eigenvalue weighted by atomic mass is 10.2. The molecule has 0 spiro atoms. The molecule has 0 unspecified atom stereocenters. The Bertz CT molecular complexity index is 604. The molecule has 1 heterocycles. The van der Waals surface area contributed by atoms with Gasteiger partial charge in [0.15, 0.2) is 11.6 Å². The molecule has 0 saturated carbocycles. The van der Waals surface area contributed by atoms with Crippen LogP contribution >= 0.6 is 0 Å². The van der Waals surface area contributed by atoms with Gasteiger partial charge in [0.05, 0.1) is 14.2 Å². The molecule has 2 rings (SSSR count). The number of aromatic nitrogens is 2. The monoisotopic (exact) mass is 288 g/mol. The minimum absolute atomic E-state index is 0.630. The van der Waals surface area contributed by atoms with Crippen molar-refractivity contribution in [3.05, 3.63) is 36.2 Å². The number of benzene rings is 1. The van der Waals surface area contributed by atoms with Crippen LogP contribution in [0.5, 0.6) is 11.5 Å². The first kappa shape index (κ1) is 14.9. The molecule has 0 fully saturated rings. The van der Waals surface area contributed by atoms with Crippen LogP contribution < -0.4 is 19.7 Å². The van der Waals surface area contributed by atoms with E-state index in [1.54, 1.807) is 21.3 Å². The lowest BCUT2D eigenvalue weighted by Crippen LogP contribution is -2.19. The fraction of sp³-hybridized carbons (Fsp3) is 0.333. The number of rotatable bonds is 6. The highest BCUT2D eigenvalue weighted by Gasteiger charge is 2.15. The van der Waals surface area contributed by atoms with Gasteiger partial charge in [-0.3, -0.25) is 0 Å². The number of nitrogens with one attached hydrogen (secondary N) is 1. The van der Waals surface area contributed by atoms with Crippen LogP contribution in [0.25, 0.3) is 0 Å². The highest BCUT2D eigenvalue weighted by Crippen LogP contribution is 2.31. The van der Waals surface area contributed by atoms with Gasteiger partial charge in [0.2, 0.25) is 5.75 Å². The second-order valence-electron chi connectivity index (χ2n) is 4.54. The van der Waals surface area contributed by atoms with Crippen molar-refractivity contribution in [2.75, 3.05) is 38.5 Å². The zero-order chi connectivity index (χ0) is 15.2. The van der Waals surface area contributed by atoms with Gasteiger partial charge in [-0.05, 0) is 17.7 Å². The van der Waals surface area contributed by atoms with E-state index in [-0.39, 0.29) is 0 Å². The Morgan fingerprint density at radius 3 is 2.67 bits per heavy atom. The number of nitrogens with zero attached hydrogens (tertiary/aromatic N) is 3. The van der Waals surface area contributed by atoms with Crippen molar-refractivity contribution in [3.8, 4) is 11.5 Å². The third-order valence-electron chi connectivity index (χ3n) is 3.14. The normalized spacial score (nSPS) is 10.1. The van der Waals surface area contributed by atoms with Gasteiger partial charge in [-0.2, -0.15) is 0 Å². The first-order chi connectivity index (χ1) is 10.2. The van der Waals surface area contributed by atoms with Gasteiger partial charge in [0, 0.05) is 20.6 Å². The van der Waals surface area contributed by atoms with E-state index in [0.29, 0.717) is 18.1 Å². The Labute approximate surface area is 124 Å². The SMILES string of the molecule is CNc1ncnc(N(C)Cc2cccc(OC)c2)c1OC. The number of hydrogen-bond acceptors (Lipinski definition) is 6. The summed E-state index contributed by atoms with van der Waals surface area (Å²) in [5, 5.41) is 3.00. The zero-order valence-electron chi connectivity index (χ0n) is 12.8. The number of anilines is 2. The van der Waals surface area contributed by atoms with E-state index in [1.807, 2.05) is 36.2 Å². The number of hydrogen-bond donors (Lipinski definition) is 1. The Balaban J connectivity index is 2.25. The van der Waals surface area contributed by atoms with Gasteiger partial charge >= 0.3 is 0 Å². The highest BCUT2D eigenvalue weighted by molar-refractivity contribution is 5.64. The van der Waals surface area contributed by atoms with Crippen molar-refractivity contribution in [2.24, 2.45) is 0 Å². The minimum Gasteiger partial charge on any atom is -0.497 e. The predicted molar refractivity (Wildman–Crippen MR) is 83.2 cm³/mol. The topological polar surface area (TPSA) is 59.5 Å². The smallest absolute Gasteiger partial charge is 0.204 e. The average molecular weight is 288 g/mol. The standard InChI is InChI=1S/C15H20N4O2/c1-16-14-13(21-4)15(18-10-17-14)19(2)9-11-6-5-7-12(8-11)20-3/h5-8,10H,9H2,1-4H3,(H,16,17,18). The second kappa shape index (κ2) is 6.78. The molecule has 6 nitrogen and oxygen atoms in total. The van der Waals surface area contributed by atoms with E-state index >= 15 is 0 Å². The molecule has 0 bridgehead atoms. The van der Waals surface area contributed by atoms with Crippen LogP contribution in [0.15, 0.2) is 30.6 Å². The first-order valence-electron chi connectivity index (χ1n) is 6.60. The van der Waals surface area contributed by atoms with Crippen LogP contribution in [-0.4, -0.2) is 38.3 Å². The molecule has 112 valence electrons. The first-order valence-corrected chi connectivity index (χ1v) is 6.60. The molecule has 2 aromatic rings. The maximum Gasteiger partial charge on any atom is 0.204 e. The van der Waals surface area contributed by atoms with Crippen LogP contribution in [-0.2, 0) is 6.54 Å². The summed E-state index contributed by atoms with van der Waals surface area (Å²) in [4.78, 5) is 10.5. The lowest BCUT2D eigenvalue weighted by Gasteiger charge is -2.21. The van der Waals surface area contributed by atoms with Crippen LogP contribution in [0.3, 0.4) is 0 Å². The molecule has 0 saturated heterocycles. The van der Waals surface area contributed by atoms with Crippen molar-refractivity contribution in [1.29, 1.82) is 0 Å². The van der Waals surface area contributed by atoms with Crippen LogP contribution in [0.2, 0.25) is 0 Å². The second-order valence-corrected chi connectivity index (χ2v) is 4.54. The van der Waals surface area contributed by atoms with Crippen molar-refractivity contribution in [2.45, 2.75) is 6.54 Å². The molecule has 0 aliphatic rings. The molecule has 0 amide bonds. The molecule has 21 heavy (non-hydrogen) atoms. The fourth-order valence-corrected chi connectivity index (χ4v) is 2.12. The van der Waals surface area contributed by atoms with Crippen LogP contribution in [0.4, 0.5) is 11.6 Å². The summed E-state index contributed by atoms with van der Waals surface area (Å²) >= 11 is 0. The van der Waals surface area contributed by atoms with Gasteiger partial charge in [-0.15, -0.1) is 0 Å². The molecule has 1 aromatic carbocycles. The van der Waals surface area contributed by atoms with Crippen molar-refractivity contribution >= 4 is 11.6 Å². The van der Waals surface area contributed by atoms with E-state index in [2.05, 4.69) is 15.3 Å². The molecule has 0 atom stereocenters. The Hall–Kier alpha value is -2.50. The third-order valence-corrected chi connectivity index (χ3v) is 3.14. The van der Waals surface area contributed by atoms with Crippen molar-refractivity contribution in [3.63, 3.8) is 0 Å². The number of ether oxygens (including phenoxy) is 2. The summed E-state index contributed by atoms with van der Waals surface area (Å²) in [5.41, 5.74) is 1.13. The largest absolute Gasteiger partial charge is 0.497 e. The van der Waals surface area contributed by atoms with Gasteiger partial charge < -0.3 is 19.7 Å². The fourth-order valence-electron chi connectivity index (χ4n) is 2.12. The Morgan fingerprint density at radius 1 is 1.19 bits per heavy atom. The van der Waals surface area contributed by atoms with Crippen molar-refractivity contribution in [1.82, 2.24) is 9.97 Å². The van der Waals surface area contributed by atoms with E-state index in [1.165, 1.54) is 6.33 Å². The lowest BCUT2D eigenvalue weighted by molar-refractivity contribution is 0.412. The molecule has 0 radical (unpaired) electrons. The summed E-state index contributed by atoms with van der Waals surface area (Å²) in [5.74, 6) is 2.87. The highest BCUT2D eigenvalue weighted by atomic mass is 16.5. The van der Waals surface area contributed by atoms with Gasteiger partial charge in [-0.1, -0.05) is 12.1 Å². The van der Waals surface area contributed by atoms with E-state index < -0.39 is 0 Å². The van der Waals surface area contributed by atoms with Crippen LogP contribution in [0, 0.1) is 0 Å². The minimum atomic E-state index is 0.630. The molecule has 6 heteroatoms. The summed E-state index contributed by atoms with van der Waals surface area (Å²) in [7, 11) is 7.04. The molecule has 1 aromatic heterocycles. The molecular weight excluding hydrogens is 268 g/mol. The van der Waals surface area contributed by atoms with E-state index in [4.69, 9.17) is 9.47 Å². The number of methoxy groups -OCH3 is 2. The molecular formula is C15H20N4O2. The summed E-state index contributed by atoms with van der Waals surface area (Å²) in [6, 6.07) is 7.95. The third kappa shape index (κ3) is 3.34. The quantitative estimate of drug-likeness (QED) is 0.879. The van der Waals surface area contributed by atoms with E-state index in [9.17, 15) is 0 Å². The summed E-state index contributed by atoms with van der Waals surface area (Å²) in [6.07, 6.45) is 1.52. The maximum atomic E-state index is 5.42. The van der Waals surface area contributed by atoms with Crippen LogP contribution in [0.1, 0.15) is 5.56 Å². The predicted octanol–water partition coefficient (Wildman–Crippen LogP) is 2.17. The summed E-state index contributed by atoms with van der Waals surface area (Å²) < 4.78 is 10.7. The van der Waals surface area contributed by atoms with Gasteiger partial charge in [0.25, 0.3) is 0 Å². The Morgan fingerprint density at radius 2 is 2.00 bits per heavy atom. The molecule has 0 aliphatic heterocycles. The molecule has 1 N–H and O–H groups in total.